The van der Waals surface area contributed by atoms with Crippen LogP contribution in [-0.4, -0.2) is 40.1 Å². The van der Waals surface area contributed by atoms with Crippen LogP contribution in [0, 0.1) is 5.92 Å². The van der Waals surface area contributed by atoms with Gasteiger partial charge in [-0.1, -0.05) is 30.5 Å². The molecule has 140 valence electrons. The standard InChI is InChI=1S/C19H26N4O2S/c24-19(20-15-5-2-1-3-6-15)14-8-10-23(11-9-14)13-17-21-18(22-25-17)16-7-4-12-26-16/h4,7,12,14-15H,1-3,5-6,8-11,13H2,(H,20,24). The summed E-state index contributed by atoms with van der Waals surface area (Å²) in [6.07, 6.45) is 7.92. The van der Waals surface area contributed by atoms with Gasteiger partial charge in [0, 0.05) is 12.0 Å². The molecule has 0 unspecified atom stereocenters. The van der Waals surface area contributed by atoms with Crippen LogP contribution in [0.25, 0.3) is 10.7 Å². The average molecular weight is 375 g/mol. The lowest BCUT2D eigenvalue weighted by atomic mass is 9.92. The van der Waals surface area contributed by atoms with Crippen molar-refractivity contribution < 1.29 is 9.32 Å². The van der Waals surface area contributed by atoms with Crippen LogP contribution in [0.4, 0.5) is 0 Å². The number of nitrogens with one attached hydrogen (secondary N) is 1. The molecule has 1 aliphatic carbocycles. The number of nitrogens with zero attached hydrogens (tertiary/aromatic N) is 3. The van der Waals surface area contributed by atoms with Crippen LogP contribution >= 0.6 is 11.3 Å². The maximum Gasteiger partial charge on any atom is 0.241 e. The Kier molecular flexibility index (Phi) is 5.65. The average Bonchev–Trinajstić information content (AvgIpc) is 3.35. The van der Waals surface area contributed by atoms with Gasteiger partial charge in [0.25, 0.3) is 0 Å². The molecule has 3 heterocycles. The van der Waals surface area contributed by atoms with Gasteiger partial charge in [-0.3, -0.25) is 9.69 Å². The van der Waals surface area contributed by atoms with Crippen molar-refractivity contribution in [1.29, 1.82) is 0 Å². The summed E-state index contributed by atoms with van der Waals surface area (Å²) < 4.78 is 5.39. The Morgan fingerprint density at radius 1 is 1.23 bits per heavy atom. The van der Waals surface area contributed by atoms with Crippen molar-refractivity contribution in [3.05, 3.63) is 23.4 Å². The number of rotatable bonds is 5. The zero-order valence-corrected chi connectivity index (χ0v) is 15.8. The molecule has 2 aromatic heterocycles. The maximum atomic E-state index is 12.5. The quantitative estimate of drug-likeness (QED) is 0.868. The normalized spacial score (nSPS) is 20.3. The molecule has 4 rings (SSSR count). The zero-order chi connectivity index (χ0) is 17.8. The van der Waals surface area contributed by atoms with Crippen LogP contribution in [0.3, 0.4) is 0 Å². The van der Waals surface area contributed by atoms with E-state index in [1.807, 2.05) is 17.5 Å². The van der Waals surface area contributed by atoms with Crippen molar-refractivity contribution in [2.24, 2.45) is 5.92 Å². The SMILES string of the molecule is O=C(NC1CCCCC1)C1CCN(Cc2nc(-c3cccs3)no2)CC1. The van der Waals surface area contributed by atoms with Gasteiger partial charge < -0.3 is 9.84 Å². The number of hydrogen-bond donors (Lipinski definition) is 1. The predicted molar refractivity (Wildman–Crippen MR) is 101 cm³/mol. The number of carbonyl (C=O) groups excluding carboxylic acids is 1. The third-order valence-electron chi connectivity index (χ3n) is 5.48. The van der Waals surface area contributed by atoms with E-state index in [0.29, 0.717) is 24.3 Å². The molecule has 0 aromatic carbocycles. The first kappa shape index (κ1) is 17.7. The highest BCUT2D eigenvalue weighted by molar-refractivity contribution is 7.13. The van der Waals surface area contributed by atoms with Gasteiger partial charge in [0.2, 0.25) is 17.6 Å². The van der Waals surface area contributed by atoms with Gasteiger partial charge >= 0.3 is 0 Å². The van der Waals surface area contributed by atoms with Crippen molar-refractivity contribution in [3.8, 4) is 10.7 Å². The number of amides is 1. The van der Waals surface area contributed by atoms with E-state index < -0.39 is 0 Å². The number of carbonyl (C=O) groups is 1. The van der Waals surface area contributed by atoms with Crippen molar-refractivity contribution in [3.63, 3.8) is 0 Å². The highest BCUT2D eigenvalue weighted by Gasteiger charge is 2.27. The van der Waals surface area contributed by atoms with E-state index in [1.54, 1.807) is 11.3 Å². The lowest BCUT2D eigenvalue weighted by Gasteiger charge is -2.32. The van der Waals surface area contributed by atoms with E-state index in [-0.39, 0.29) is 11.8 Å². The Labute approximate surface area is 158 Å². The summed E-state index contributed by atoms with van der Waals surface area (Å²) in [5.41, 5.74) is 0. The number of aromatic nitrogens is 2. The Morgan fingerprint density at radius 2 is 2.04 bits per heavy atom. The summed E-state index contributed by atoms with van der Waals surface area (Å²) in [6.45, 7) is 2.47. The minimum absolute atomic E-state index is 0.151. The van der Waals surface area contributed by atoms with Gasteiger partial charge in [0.05, 0.1) is 11.4 Å². The molecule has 1 saturated carbocycles. The fraction of sp³-hybridized carbons (Fsp3) is 0.632. The molecule has 1 N–H and O–H groups in total. The molecule has 2 aliphatic rings. The molecule has 1 aliphatic heterocycles. The Bertz CT molecular complexity index is 701. The van der Waals surface area contributed by atoms with Crippen molar-refractivity contribution in [2.45, 2.75) is 57.5 Å². The van der Waals surface area contributed by atoms with Crippen LogP contribution in [0.15, 0.2) is 22.0 Å². The molecular formula is C19H26N4O2S. The summed E-state index contributed by atoms with van der Waals surface area (Å²) in [5.74, 6) is 1.72. The van der Waals surface area contributed by atoms with E-state index in [0.717, 1.165) is 43.6 Å². The second-order valence-corrected chi connectivity index (χ2v) is 8.33. The molecule has 6 nitrogen and oxygen atoms in total. The highest BCUT2D eigenvalue weighted by atomic mass is 32.1. The molecule has 1 saturated heterocycles. The van der Waals surface area contributed by atoms with Gasteiger partial charge in [-0.05, 0) is 50.2 Å². The minimum atomic E-state index is 0.151. The first-order chi connectivity index (χ1) is 12.8. The third-order valence-corrected chi connectivity index (χ3v) is 6.34. The fourth-order valence-corrected chi connectivity index (χ4v) is 4.58. The number of hydrogen-bond acceptors (Lipinski definition) is 6. The van der Waals surface area contributed by atoms with Crippen LogP contribution in [0.5, 0.6) is 0 Å². The monoisotopic (exact) mass is 374 g/mol. The van der Waals surface area contributed by atoms with E-state index in [1.165, 1.54) is 19.3 Å². The van der Waals surface area contributed by atoms with Gasteiger partial charge in [-0.2, -0.15) is 4.98 Å². The summed E-state index contributed by atoms with van der Waals surface area (Å²) in [6, 6.07) is 4.39. The molecule has 1 amide bonds. The summed E-state index contributed by atoms with van der Waals surface area (Å²) in [7, 11) is 0. The lowest BCUT2D eigenvalue weighted by Crippen LogP contribution is -2.44. The Hall–Kier alpha value is -1.73. The lowest BCUT2D eigenvalue weighted by molar-refractivity contribution is -0.127. The Morgan fingerprint density at radius 3 is 2.77 bits per heavy atom. The first-order valence-corrected chi connectivity index (χ1v) is 10.5. The van der Waals surface area contributed by atoms with Gasteiger partial charge in [0.15, 0.2) is 0 Å². The van der Waals surface area contributed by atoms with E-state index in [9.17, 15) is 4.79 Å². The molecule has 7 heteroatoms. The Balaban J connectivity index is 1.24. The molecule has 2 aromatic rings. The smallest absolute Gasteiger partial charge is 0.241 e. The van der Waals surface area contributed by atoms with Crippen molar-refractivity contribution >= 4 is 17.2 Å². The largest absolute Gasteiger partial charge is 0.353 e. The van der Waals surface area contributed by atoms with Crippen LogP contribution in [0.2, 0.25) is 0 Å². The van der Waals surface area contributed by atoms with Crippen LogP contribution in [-0.2, 0) is 11.3 Å². The van der Waals surface area contributed by atoms with E-state index in [2.05, 4.69) is 20.4 Å². The van der Waals surface area contributed by atoms with E-state index in [4.69, 9.17) is 4.52 Å². The van der Waals surface area contributed by atoms with Gasteiger partial charge in [-0.25, -0.2) is 0 Å². The van der Waals surface area contributed by atoms with Gasteiger partial charge in [-0.15, -0.1) is 11.3 Å². The first-order valence-electron chi connectivity index (χ1n) is 9.67. The van der Waals surface area contributed by atoms with E-state index >= 15 is 0 Å². The summed E-state index contributed by atoms with van der Waals surface area (Å²) >= 11 is 1.61. The zero-order valence-electron chi connectivity index (χ0n) is 15.0. The highest BCUT2D eigenvalue weighted by Crippen LogP contribution is 2.24. The van der Waals surface area contributed by atoms with Crippen LogP contribution < -0.4 is 5.32 Å². The number of piperidine rings is 1. The maximum absolute atomic E-state index is 12.5. The third kappa shape index (κ3) is 4.32. The predicted octanol–water partition coefficient (Wildman–Crippen LogP) is 3.46. The molecule has 0 radical (unpaired) electrons. The van der Waals surface area contributed by atoms with Gasteiger partial charge in [0.1, 0.15) is 0 Å². The fourth-order valence-electron chi connectivity index (χ4n) is 3.94. The molecule has 2 fully saturated rings. The molecule has 0 atom stereocenters. The number of likely N-dealkylation sites (tertiary alicyclic amines) is 1. The number of thiophene rings is 1. The topological polar surface area (TPSA) is 71.3 Å². The molecular weight excluding hydrogens is 348 g/mol. The minimum Gasteiger partial charge on any atom is -0.353 e. The summed E-state index contributed by atoms with van der Waals surface area (Å²) in [5, 5.41) is 9.35. The van der Waals surface area contributed by atoms with Crippen LogP contribution in [0.1, 0.15) is 50.8 Å². The second kappa shape index (κ2) is 8.31. The molecule has 0 spiro atoms. The summed E-state index contributed by atoms with van der Waals surface area (Å²) in [4.78, 5) is 20.3. The van der Waals surface area contributed by atoms with Crippen molar-refractivity contribution in [2.75, 3.05) is 13.1 Å². The second-order valence-electron chi connectivity index (χ2n) is 7.38. The molecule has 26 heavy (non-hydrogen) atoms. The molecule has 0 bridgehead atoms. The van der Waals surface area contributed by atoms with Crippen molar-refractivity contribution in [1.82, 2.24) is 20.4 Å².